The van der Waals surface area contributed by atoms with E-state index in [1.165, 1.54) is 31.5 Å². The molecule has 2 unspecified atom stereocenters. The van der Waals surface area contributed by atoms with E-state index in [0.717, 1.165) is 25.7 Å². The summed E-state index contributed by atoms with van der Waals surface area (Å²) in [4.78, 5) is 28.8. The Hall–Kier alpha value is -3.33. The highest BCUT2D eigenvalue weighted by Gasteiger charge is 2.25. The van der Waals surface area contributed by atoms with Gasteiger partial charge in [-0.15, -0.1) is 0 Å². The molecule has 4 rings (SSSR count). The first-order chi connectivity index (χ1) is 15.8. The second-order valence-corrected chi connectivity index (χ2v) is 10.1. The third-order valence-corrected chi connectivity index (χ3v) is 7.54. The number of nitrogens with one attached hydrogen (secondary N) is 3. The molecule has 174 valence electrons. The summed E-state index contributed by atoms with van der Waals surface area (Å²) in [6.45, 7) is 2.10. The zero-order valence-corrected chi connectivity index (χ0v) is 19.4. The van der Waals surface area contributed by atoms with Gasteiger partial charge in [-0.3, -0.25) is 14.3 Å². The molecule has 0 aliphatic heterocycles. The first-order valence-electron chi connectivity index (χ1n) is 10.9. The van der Waals surface area contributed by atoms with E-state index >= 15 is 0 Å². The normalized spacial score (nSPS) is 18.6. The molecule has 1 amide bonds. The number of anilines is 1. The van der Waals surface area contributed by atoms with Gasteiger partial charge in [0.05, 0.1) is 17.7 Å². The molecule has 2 atom stereocenters. The van der Waals surface area contributed by atoms with Crippen LogP contribution in [0.1, 0.15) is 43.0 Å². The largest absolute Gasteiger partial charge is 0.497 e. The number of H-pyrrole nitrogens is 1. The van der Waals surface area contributed by atoms with Gasteiger partial charge in [0, 0.05) is 29.2 Å². The lowest BCUT2D eigenvalue weighted by molar-refractivity contribution is 0.0909. The molecule has 1 fully saturated rings. The van der Waals surface area contributed by atoms with E-state index in [1.807, 2.05) is 0 Å². The SMILES string of the molecule is COc1cccc(NS(=O)(=O)c2ccc3[nH]cc(C(=O)NC4CCCCC4C)c(=O)c3c2)c1. The maximum Gasteiger partial charge on any atom is 0.261 e. The molecule has 0 bridgehead atoms. The molecule has 9 heteroatoms. The Morgan fingerprint density at radius 3 is 2.67 bits per heavy atom. The molecule has 1 saturated carbocycles. The number of hydrogen-bond donors (Lipinski definition) is 3. The van der Waals surface area contributed by atoms with Crippen molar-refractivity contribution >= 4 is 32.5 Å². The predicted molar refractivity (Wildman–Crippen MR) is 127 cm³/mol. The summed E-state index contributed by atoms with van der Waals surface area (Å²) >= 11 is 0. The molecule has 33 heavy (non-hydrogen) atoms. The van der Waals surface area contributed by atoms with Crippen LogP contribution in [-0.4, -0.2) is 32.5 Å². The highest BCUT2D eigenvalue weighted by atomic mass is 32.2. The Labute approximate surface area is 192 Å². The Balaban J connectivity index is 1.64. The molecule has 1 aliphatic rings. The van der Waals surface area contributed by atoms with Crippen LogP contribution in [0.25, 0.3) is 10.9 Å². The Bertz CT molecular complexity index is 1350. The van der Waals surface area contributed by atoms with E-state index in [2.05, 4.69) is 21.9 Å². The van der Waals surface area contributed by atoms with E-state index in [9.17, 15) is 18.0 Å². The highest BCUT2D eigenvalue weighted by molar-refractivity contribution is 7.92. The molecule has 0 spiro atoms. The quantitative estimate of drug-likeness (QED) is 0.509. The van der Waals surface area contributed by atoms with Crippen LogP contribution >= 0.6 is 0 Å². The van der Waals surface area contributed by atoms with Crippen molar-refractivity contribution in [3.05, 3.63) is 64.4 Å². The van der Waals surface area contributed by atoms with Crippen LogP contribution in [0.4, 0.5) is 5.69 Å². The van der Waals surface area contributed by atoms with Gasteiger partial charge < -0.3 is 15.0 Å². The summed E-state index contributed by atoms with van der Waals surface area (Å²) in [7, 11) is -2.48. The van der Waals surface area contributed by atoms with E-state index in [1.54, 1.807) is 24.3 Å². The van der Waals surface area contributed by atoms with Gasteiger partial charge in [0.2, 0.25) is 5.43 Å². The van der Waals surface area contributed by atoms with Gasteiger partial charge in [0.25, 0.3) is 15.9 Å². The average Bonchev–Trinajstić information content (AvgIpc) is 2.80. The molecule has 3 N–H and O–H groups in total. The predicted octanol–water partition coefficient (Wildman–Crippen LogP) is 3.65. The molecule has 2 aromatic carbocycles. The van der Waals surface area contributed by atoms with Gasteiger partial charge in [0.1, 0.15) is 11.3 Å². The van der Waals surface area contributed by atoms with Crippen molar-refractivity contribution in [2.75, 3.05) is 11.8 Å². The molecule has 1 aliphatic carbocycles. The van der Waals surface area contributed by atoms with Crippen LogP contribution < -0.4 is 20.2 Å². The maximum atomic E-state index is 13.1. The number of fused-ring (bicyclic) bond motifs is 1. The Kier molecular flexibility index (Phi) is 6.42. The minimum atomic E-state index is -3.97. The summed E-state index contributed by atoms with van der Waals surface area (Å²) < 4.78 is 33.5. The van der Waals surface area contributed by atoms with Gasteiger partial charge in [-0.2, -0.15) is 0 Å². The summed E-state index contributed by atoms with van der Waals surface area (Å²) in [6.07, 6.45) is 5.50. The zero-order valence-electron chi connectivity index (χ0n) is 18.6. The van der Waals surface area contributed by atoms with Gasteiger partial charge in [-0.05, 0) is 49.1 Å². The number of ether oxygens (including phenoxy) is 1. The summed E-state index contributed by atoms with van der Waals surface area (Å²) in [6, 6.07) is 10.8. The standard InChI is InChI=1S/C24H27N3O5S/c1-15-6-3-4-9-21(15)26-24(29)20-14-25-22-11-10-18(13-19(22)23(20)28)33(30,31)27-16-7-5-8-17(12-16)32-2/h5,7-8,10-15,21,27H,3-4,6,9H2,1-2H3,(H,25,28)(H,26,29). The van der Waals surface area contributed by atoms with Crippen molar-refractivity contribution in [2.45, 2.75) is 43.5 Å². The number of aromatic amines is 1. The third kappa shape index (κ3) is 4.88. The highest BCUT2D eigenvalue weighted by Crippen LogP contribution is 2.24. The smallest absolute Gasteiger partial charge is 0.261 e. The molecular formula is C24H27N3O5S. The number of aromatic nitrogens is 1. The van der Waals surface area contributed by atoms with Gasteiger partial charge in [0.15, 0.2) is 0 Å². The van der Waals surface area contributed by atoms with E-state index < -0.39 is 21.4 Å². The monoisotopic (exact) mass is 469 g/mol. The molecule has 0 saturated heterocycles. The minimum absolute atomic E-state index is 0.0279. The van der Waals surface area contributed by atoms with Gasteiger partial charge in [-0.1, -0.05) is 25.8 Å². The topological polar surface area (TPSA) is 117 Å². The number of rotatable bonds is 6. The lowest BCUT2D eigenvalue weighted by atomic mass is 9.86. The van der Waals surface area contributed by atoms with Crippen molar-refractivity contribution in [1.29, 1.82) is 0 Å². The molecule has 8 nitrogen and oxygen atoms in total. The van der Waals surface area contributed by atoms with E-state index in [0.29, 0.717) is 22.9 Å². The molecule has 0 radical (unpaired) electrons. The summed E-state index contributed by atoms with van der Waals surface area (Å²) in [5.41, 5.74) is 0.236. The summed E-state index contributed by atoms with van der Waals surface area (Å²) in [5.74, 6) is 0.412. The molecule has 1 aromatic heterocycles. The number of pyridine rings is 1. The van der Waals surface area contributed by atoms with Gasteiger partial charge >= 0.3 is 0 Å². The Morgan fingerprint density at radius 2 is 1.91 bits per heavy atom. The van der Waals surface area contributed by atoms with Gasteiger partial charge in [-0.25, -0.2) is 8.42 Å². The number of hydrogen-bond acceptors (Lipinski definition) is 5. The number of carbonyl (C=O) groups is 1. The van der Waals surface area contributed by atoms with Crippen molar-refractivity contribution in [3.8, 4) is 5.75 Å². The van der Waals surface area contributed by atoms with Crippen LogP contribution in [0.2, 0.25) is 0 Å². The first kappa shape index (κ1) is 22.8. The number of carbonyl (C=O) groups excluding carboxylic acids is 1. The van der Waals surface area contributed by atoms with Crippen LogP contribution in [0.5, 0.6) is 5.75 Å². The molecular weight excluding hydrogens is 442 g/mol. The maximum absolute atomic E-state index is 13.1. The van der Waals surface area contributed by atoms with Crippen LogP contribution in [0.3, 0.4) is 0 Å². The van der Waals surface area contributed by atoms with E-state index in [4.69, 9.17) is 4.74 Å². The van der Waals surface area contributed by atoms with Crippen molar-refractivity contribution in [1.82, 2.24) is 10.3 Å². The number of methoxy groups -OCH3 is 1. The lowest BCUT2D eigenvalue weighted by Crippen LogP contribution is -2.42. The van der Waals surface area contributed by atoms with Crippen LogP contribution in [0.15, 0.2) is 58.4 Å². The second kappa shape index (κ2) is 9.27. The van der Waals surface area contributed by atoms with Crippen molar-refractivity contribution in [2.24, 2.45) is 5.92 Å². The fourth-order valence-corrected chi connectivity index (χ4v) is 5.29. The second-order valence-electron chi connectivity index (χ2n) is 8.42. The fraction of sp³-hybridized carbons (Fsp3) is 0.333. The number of benzene rings is 2. The molecule has 1 heterocycles. The minimum Gasteiger partial charge on any atom is -0.497 e. The number of amides is 1. The lowest BCUT2D eigenvalue weighted by Gasteiger charge is -2.29. The molecule has 3 aromatic rings. The average molecular weight is 470 g/mol. The van der Waals surface area contributed by atoms with Crippen molar-refractivity contribution in [3.63, 3.8) is 0 Å². The first-order valence-corrected chi connectivity index (χ1v) is 12.4. The van der Waals surface area contributed by atoms with Crippen molar-refractivity contribution < 1.29 is 17.9 Å². The Morgan fingerprint density at radius 1 is 1.12 bits per heavy atom. The fourth-order valence-electron chi connectivity index (χ4n) is 4.21. The van der Waals surface area contributed by atoms with Crippen LogP contribution in [-0.2, 0) is 10.0 Å². The number of sulfonamides is 1. The third-order valence-electron chi connectivity index (χ3n) is 6.16. The van der Waals surface area contributed by atoms with Crippen LogP contribution in [0, 0.1) is 5.92 Å². The summed E-state index contributed by atoms with van der Waals surface area (Å²) in [5, 5.41) is 3.11. The zero-order chi connectivity index (χ0) is 23.6. The van der Waals surface area contributed by atoms with E-state index in [-0.39, 0.29) is 21.9 Å².